The first-order chi connectivity index (χ1) is 5.70. The highest BCUT2D eigenvalue weighted by atomic mass is 35.5. The van der Waals surface area contributed by atoms with Crippen molar-refractivity contribution in [3.05, 3.63) is 34.0 Å². The molecule has 1 aromatic heterocycles. The van der Waals surface area contributed by atoms with E-state index in [1.807, 2.05) is 19.1 Å². The van der Waals surface area contributed by atoms with Crippen LogP contribution in [-0.4, -0.2) is 0 Å². The highest BCUT2D eigenvalue weighted by Gasteiger charge is 2.08. The summed E-state index contributed by atoms with van der Waals surface area (Å²) in [6.45, 7) is 1.90. The van der Waals surface area contributed by atoms with E-state index in [1.54, 1.807) is 6.26 Å². The fourth-order valence-electron chi connectivity index (χ4n) is 1.18. The zero-order valence-corrected chi connectivity index (χ0v) is 7.91. The molecule has 0 aliphatic rings. The van der Waals surface area contributed by atoms with E-state index >= 15 is 0 Å². The average Bonchev–Trinajstić information content (AvgIpc) is 2.48. The monoisotopic (exact) mass is 200 g/mol. The van der Waals surface area contributed by atoms with E-state index in [0.29, 0.717) is 15.6 Å². The van der Waals surface area contributed by atoms with Crippen LogP contribution in [0.1, 0.15) is 5.56 Å². The Labute approximate surface area is 79.9 Å². The molecule has 12 heavy (non-hydrogen) atoms. The molecule has 1 aromatic carbocycles. The van der Waals surface area contributed by atoms with Gasteiger partial charge in [-0.05, 0) is 24.6 Å². The summed E-state index contributed by atoms with van der Waals surface area (Å²) in [5.41, 5.74) is 1.60. The second kappa shape index (κ2) is 2.68. The lowest BCUT2D eigenvalue weighted by molar-refractivity contribution is 0.615. The summed E-state index contributed by atoms with van der Waals surface area (Å²) in [6, 6.07) is 3.64. The third-order valence-corrected chi connectivity index (χ3v) is 2.59. The maximum atomic E-state index is 5.99. The minimum absolute atomic E-state index is 0.638. The van der Waals surface area contributed by atoms with Gasteiger partial charge in [0.05, 0.1) is 16.3 Å². The number of hydrogen-bond donors (Lipinski definition) is 0. The van der Waals surface area contributed by atoms with Gasteiger partial charge in [-0.2, -0.15) is 0 Å². The largest absolute Gasteiger partial charge is 0.463 e. The van der Waals surface area contributed by atoms with E-state index in [-0.39, 0.29) is 0 Å². The first kappa shape index (κ1) is 7.96. The van der Waals surface area contributed by atoms with Gasteiger partial charge in [-0.1, -0.05) is 23.2 Å². The van der Waals surface area contributed by atoms with Crippen LogP contribution in [0.3, 0.4) is 0 Å². The van der Waals surface area contributed by atoms with Crippen molar-refractivity contribution in [2.45, 2.75) is 6.92 Å². The standard InChI is InChI=1S/C9H6Cl2O/c1-5-4-7(10)6-2-3-12-9(6)8(5)11/h2-4H,1H3. The SMILES string of the molecule is Cc1cc(Cl)c2ccoc2c1Cl. The van der Waals surface area contributed by atoms with Gasteiger partial charge in [-0.3, -0.25) is 0 Å². The van der Waals surface area contributed by atoms with Crippen LogP contribution in [0.2, 0.25) is 10.0 Å². The average molecular weight is 201 g/mol. The molecule has 0 unspecified atom stereocenters. The zero-order valence-electron chi connectivity index (χ0n) is 6.40. The number of benzene rings is 1. The van der Waals surface area contributed by atoms with Gasteiger partial charge in [0.2, 0.25) is 0 Å². The molecule has 0 radical (unpaired) electrons. The van der Waals surface area contributed by atoms with E-state index in [4.69, 9.17) is 27.6 Å². The molecule has 0 atom stereocenters. The van der Waals surface area contributed by atoms with Crippen LogP contribution < -0.4 is 0 Å². The number of fused-ring (bicyclic) bond motifs is 1. The van der Waals surface area contributed by atoms with Crippen molar-refractivity contribution < 1.29 is 4.42 Å². The molecule has 0 bridgehead atoms. The van der Waals surface area contributed by atoms with Gasteiger partial charge in [0.15, 0.2) is 5.58 Å². The van der Waals surface area contributed by atoms with Crippen LogP contribution in [0.25, 0.3) is 11.0 Å². The van der Waals surface area contributed by atoms with E-state index in [9.17, 15) is 0 Å². The first-order valence-electron chi connectivity index (χ1n) is 3.52. The Bertz CT molecular complexity index is 431. The van der Waals surface area contributed by atoms with E-state index < -0.39 is 0 Å². The van der Waals surface area contributed by atoms with Crippen molar-refractivity contribution in [2.24, 2.45) is 0 Å². The van der Waals surface area contributed by atoms with Crippen molar-refractivity contribution in [2.75, 3.05) is 0 Å². The quantitative estimate of drug-likeness (QED) is 0.626. The molecule has 2 aromatic rings. The summed E-state index contributed by atoms with van der Waals surface area (Å²) in [5, 5.41) is 2.19. The molecule has 2 rings (SSSR count). The normalized spacial score (nSPS) is 10.9. The minimum atomic E-state index is 0.638. The van der Waals surface area contributed by atoms with Gasteiger partial charge in [0.1, 0.15) is 0 Å². The molecule has 0 aliphatic heterocycles. The van der Waals surface area contributed by atoms with Crippen molar-refractivity contribution in [1.29, 1.82) is 0 Å². The number of hydrogen-bond acceptors (Lipinski definition) is 1. The third kappa shape index (κ3) is 1.01. The smallest absolute Gasteiger partial charge is 0.154 e. The molecule has 1 heterocycles. The van der Waals surface area contributed by atoms with Crippen molar-refractivity contribution in [1.82, 2.24) is 0 Å². The van der Waals surface area contributed by atoms with Gasteiger partial charge in [-0.15, -0.1) is 0 Å². The summed E-state index contributed by atoms with van der Waals surface area (Å²) in [7, 11) is 0. The van der Waals surface area contributed by atoms with E-state index in [0.717, 1.165) is 10.9 Å². The molecule has 3 heteroatoms. The fraction of sp³-hybridized carbons (Fsp3) is 0.111. The minimum Gasteiger partial charge on any atom is -0.463 e. The van der Waals surface area contributed by atoms with Gasteiger partial charge in [0, 0.05) is 5.39 Å². The van der Waals surface area contributed by atoms with E-state index in [2.05, 4.69) is 0 Å². The molecule has 0 N–H and O–H groups in total. The molecule has 0 spiro atoms. The molecule has 0 saturated heterocycles. The van der Waals surface area contributed by atoms with Crippen LogP contribution in [0.5, 0.6) is 0 Å². The van der Waals surface area contributed by atoms with Crippen molar-refractivity contribution >= 4 is 34.2 Å². The number of halogens is 2. The molecular weight excluding hydrogens is 195 g/mol. The van der Waals surface area contributed by atoms with Gasteiger partial charge in [-0.25, -0.2) is 0 Å². The second-order valence-electron chi connectivity index (χ2n) is 2.65. The lowest BCUT2D eigenvalue weighted by atomic mass is 10.2. The Morgan fingerprint density at radius 1 is 1.33 bits per heavy atom. The van der Waals surface area contributed by atoms with E-state index in [1.165, 1.54) is 0 Å². The highest BCUT2D eigenvalue weighted by molar-refractivity contribution is 6.40. The van der Waals surface area contributed by atoms with Gasteiger partial charge < -0.3 is 4.42 Å². The van der Waals surface area contributed by atoms with Crippen LogP contribution >= 0.6 is 23.2 Å². The van der Waals surface area contributed by atoms with Gasteiger partial charge >= 0.3 is 0 Å². The zero-order chi connectivity index (χ0) is 8.72. The predicted octanol–water partition coefficient (Wildman–Crippen LogP) is 4.05. The summed E-state index contributed by atoms with van der Waals surface area (Å²) < 4.78 is 5.19. The maximum absolute atomic E-state index is 5.99. The number of rotatable bonds is 0. The predicted molar refractivity (Wildman–Crippen MR) is 51.0 cm³/mol. The summed E-state index contributed by atoms with van der Waals surface area (Å²) in [6.07, 6.45) is 1.59. The second-order valence-corrected chi connectivity index (χ2v) is 3.44. The topological polar surface area (TPSA) is 13.1 Å². The van der Waals surface area contributed by atoms with Crippen LogP contribution in [0.4, 0.5) is 0 Å². The Morgan fingerprint density at radius 3 is 2.83 bits per heavy atom. The lowest BCUT2D eigenvalue weighted by Crippen LogP contribution is -1.76. The highest BCUT2D eigenvalue weighted by Crippen LogP contribution is 2.33. The number of furan rings is 1. The van der Waals surface area contributed by atoms with Crippen LogP contribution in [0, 0.1) is 6.92 Å². The third-order valence-electron chi connectivity index (χ3n) is 1.81. The Morgan fingerprint density at radius 2 is 2.08 bits per heavy atom. The maximum Gasteiger partial charge on any atom is 0.154 e. The molecule has 0 amide bonds. The summed E-state index contributed by atoms with van der Waals surface area (Å²) in [4.78, 5) is 0. The van der Waals surface area contributed by atoms with Crippen molar-refractivity contribution in [3.8, 4) is 0 Å². The molecule has 1 nitrogen and oxygen atoms in total. The van der Waals surface area contributed by atoms with Crippen molar-refractivity contribution in [3.63, 3.8) is 0 Å². The molecule has 0 saturated carbocycles. The molecule has 62 valence electrons. The lowest BCUT2D eigenvalue weighted by Gasteiger charge is -1.99. The summed E-state index contributed by atoms with van der Waals surface area (Å²) >= 11 is 11.9. The molecule has 0 fully saturated rings. The Balaban J connectivity index is 2.97. The molecule has 0 aliphatic carbocycles. The van der Waals surface area contributed by atoms with Crippen LogP contribution in [-0.2, 0) is 0 Å². The first-order valence-corrected chi connectivity index (χ1v) is 4.27. The summed E-state index contributed by atoms with van der Waals surface area (Å²) in [5.74, 6) is 0. The fourth-order valence-corrected chi connectivity index (χ4v) is 1.69. The van der Waals surface area contributed by atoms with Crippen LogP contribution in [0.15, 0.2) is 22.8 Å². The molecular formula is C9H6Cl2O. The Kier molecular flexibility index (Phi) is 1.78. The number of aryl methyl sites for hydroxylation is 1. The van der Waals surface area contributed by atoms with Gasteiger partial charge in [0.25, 0.3) is 0 Å². The Hall–Kier alpha value is -0.660.